The summed E-state index contributed by atoms with van der Waals surface area (Å²) in [6.45, 7) is 7.06. The van der Waals surface area contributed by atoms with Crippen molar-refractivity contribution in [3.05, 3.63) is 35.9 Å². The molecule has 1 aromatic rings. The van der Waals surface area contributed by atoms with Crippen molar-refractivity contribution >= 4 is 31.5 Å². The number of unbranched alkanes of at least 4 members (excludes halogenated alkanes) is 40. The third-order valence-corrected chi connectivity index (χ3v) is 17.5. The predicted octanol–water partition coefficient (Wildman–Crippen LogP) is 19.8. The van der Waals surface area contributed by atoms with Crippen molar-refractivity contribution in [1.29, 1.82) is 0 Å². The van der Waals surface area contributed by atoms with Gasteiger partial charge in [0.25, 0.3) is 0 Å². The molecule has 14 nitrogen and oxygen atoms in total. The number of esters is 4. The zero-order chi connectivity index (χ0) is 63.4. The fraction of sp³-hybridized carbons (Fsp3) is 0.861. The maximum Gasteiger partial charge on any atom is 0.356 e. The molecule has 0 fully saturated rings. The number of benzene rings is 1. The Hall–Kier alpha value is -2.87. The van der Waals surface area contributed by atoms with E-state index in [0.29, 0.717) is 25.7 Å². The van der Waals surface area contributed by atoms with E-state index in [2.05, 4.69) is 27.7 Å². The van der Waals surface area contributed by atoms with E-state index in [1.165, 1.54) is 180 Å². The Labute approximate surface area is 531 Å². The van der Waals surface area contributed by atoms with Crippen LogP contribution in [0.1, 0.15) is 341 Å². The lowest BCUT2D eigenvalue weighted by Crippen LogP contribution is -2.40. The van der Waals surface area contributed by atoms with Gasteiger partial charge < -0.3 is 42.9 Å². The monoisotopic (exact) mass is 1250 g/mol. The van der Waals surface area contributed by atoms with Gasteiger partial charge in [0.05, 0.1) is 26.4 Å². The quantitative estimate of drug-likeness (QED) is 0.0271. The van der Waals surface area contributed by atoms with Crippen molar-refractivity contribution in [2.75, 3.05) is 33.0 Å². The Morgan fingerprint density at radius 3 is 0.954 bits per heavy atom. The van der Waals surface area contributed by atoms with Crippen LogP contribution < -0.4 is 0 Å². The second kappa shape index (κ2) is 60.7. The SMILES string of the molecule is CCCCCCCCCCCCCC(=O)OC[C@H](COC(C(COC[C@@H](COC(=O)CCCCCCCCCCCCC)OC(=O)CCCCCCCCCCCCC)OCc1ccccc1)P(=O)(O)O)OC(=O)CCCCCCCCCCCCC. The van der Waals surface area contributed by atoms with Crippen LogP contribution in [0.15, 0.2) is 30.3 Å². The van der Waals surface area contributed by atoms with Gasteiger partial charge in [-0.05, 0) is 31.2 Å². The molecular weight excluding hydrogens is 1120 g/mol. The van der Waals surface area contributed by atoms with Crippen LogP contribution in [0.25, 0.3) is 0 Å². The summed E-state index contributed by atoms with van der Waals surface area (Å²) in [6.07, 6.45) is 47.3. The number of ether oxygens (including phenoxy) is 7. The summed E-state index contributed by atoms with van der Waals surface area (Å²) in [6, 6.07) is 9.12. The van der Waals surface area contributed by atoms with Gasteiger partial charge >= 0.3 is 31.5 Å². The molecule has 0 saturated carbocycles. The molecule has 15 heteroatoms. The molecule has 0 aromatic heterocycles. The molecule has 0 bridgehead atoms. The van der Waals surface area contributed by atoms with Gasteiger partial charge in [-0.2, -0.15) is 0 Å². The summed E-state index contributed by atoms with van der Waals surface area (Å²) in [7, 11) is -5.16. The fourth-order valence-electron chi connectivity index (χ4n) is 10.9. The number of carbonyl (C=O) groups excluding carboxylic acids is 4. The maximum atomic E-state index is 13.5. The molecule has 2 unspecified atom stereocenters. The van der Waals surface area contributed by atoms with Crippen molar-refractivity contribution < 1.29 is 66.7 Å². The van der Waals surface area contributed by atoms with Crippen LogP contribution in [0.4, 0.5) is 0 Å². The summed E-state index contributed by atoms with van der Waals surface area (Å²) in [5, 5.41) is 0. The first-order chi connectivity index (χ1) is 42.4. The molecule has 1 rings (SSSR count). The van der Waals surface area contributed by atoms with Gasteiger partial charge in [-0.1, -0.05) is 315 Å². The molecule has 0 aliphatic heterocycles. The first-order valence-electron chi connectivity index (χ1n) is 36.0. The van der Waals surface area contributed by atoms with Gasteiger partial charge in [0.15, 0.2) is 18.1 Å². The maximum absolute atomic E-state index is 13.5. The summed E-state index contributed by atoms with van der Waals surface area (Å²) in [4.78, 5) is 74.7. The van der Waals surface area contributed by atoms with E-state index in [-0.39, 0.29) is 52.1 Å². The molecule has 0 aliphatic rings. The predicted molar refractivity (Wildman–Crippen MR) is 354 cm³/mol. The van der Waals surface area contributed by atoms with Crippen molar-refractivity contribution in [3.63, 3.8) is 0 Å². The van der Waals surface area contributed by atoms with E-state index < -0.39 is 68.8 Å². The molecular formula is C72H131O14P. The van der Waals surface area contributed by atoms with Crippen molar-refractivity contribution in [3.8, 4) is 0 Å². The van der Waals surface area contributed by atoms with Crippen LogP contribution >= 0.6 is 7.60 Å². The normalized spacial score (nSPS) is 13.1. The van der Waals surface area contributed by atoms with Crippen LogP contribution in [0.3, 0.4) is 0 Å². The number of rotatable bonds is 66. The highest BCUT2D eigenvalue weighted by atomic mass is 31.2. The number of hydrogen-bond acceptors (Lipinski definition) is 12. The minimum atomic E-state index is -5.16. The van der Waals surface area contributed by atoms with Gasteiger partial charge in [0.1, 0.15) is 19.3 Å². The molecule has 1 aromatic carbocycles. The standard InChI is InChI=1S/C72H131O14P/c1-5-9-13-17-21-25-29-33-37-41-48-54-68(73)82-60-65(85-70(75)56-50-43-39-35-31-27-23-19-15-11-7-3)59-80-63-67(81-58-64-52-46-45-47-53-64)72(87(77,78)79)84-62-66(86-71(76)57-51-44-40-36-32-28-24-20-16-12-8-4)61-83-69(74)55-49-42-38-34-30-26-22-18-14-10-6-2/h45-47,52-53,65-67,72H,5-44,48-51,54-63H2,1-4H3,(H2,77,78,79)/t65-,66+,67?,72?/m0/s1. The molecule has 0 saturated heterocycles. The smallest absolute Gasteiger partial charge is 0.356 e. The topological polar surface area (TPSA) is 190 Å². The van der Waals surface area contributed by atoms with Crippen molar-refractivity contribution in [1.82, 2.24) is 0 Å². The molecule has 87 heavy (non-hydrogen) atoms. The zero-order valence-electron chi connectivity index (χ0n) is 56.1. The largest absolute Gasteiger partial charge is 0.462 e. The molecule has 508 valence electrons. The number of carbonyl (C=O) groups is 4. The Kier molecular flexibility index (Phi) is 57.3. The van der Waals surface area contributed by atoms with Crippen LogP contribution in [0.2, 0.25) is 0 Å². The Morgan fingerprint density at radius 2 is 0.644 bits per heavy atom. The van der Waals surface area contributed by atoms with Crippen molar-refractivity contribution in [2.45, 2.75) is 367 Å². The van der Waals surface area contributed by atoms with Gasteiger partial charge in [-0.25, -0.2) is 0 Å². The van der Waals surface area contributed by atoms with Crippen LogP contribution in [-0.4, -0.2) is 90.9 Å². The molecule has 0 radical (unpaired) electrons. The molecule has 0 aliphatic carbocycles. The van der Waals surface area contributed by atoms with E-state index in [9.17, 15) is 33.5 Å². The van der Waals surface area contributed by atoms with Gasteiger partial charge in [-0.15, -0.1) is 0 Å². The summed E-state index contributed by atoms with van der Waals surface area (Å²) in [5.74, 6) is -3.72. The second-order valence-corrected chi connectivity index (χ2v) is 26.6. The highest BCUT2D eigenvalue weighted by molar-refractivity contribution is 7.52. The minimum Gasteiger partial charge on any atom is -0.462 e. The number of hydrogen-bond donors (Lipinski definition) is 2. The summed E-state index contributed by atoms with van der Waals surface area (Å²) in [5.41, 5.74) is 0.727. The lowest BCUT2D eigenvalue weighted by molar-refractivity contribution is -0.168. The molecule has 0 heterocycles. The third-order valence-electron chi connectivity index (χ3n) is 16.4. The Bertz CT molecular complexity index is 1760. The molecule has 0 spiro atoms. The van der Waals surface area contributed by atoms with Crippen LogP contribution in [0.5, 0.6) is 0 Å². The molecule has 2 N–H and O–H groups in total. The Morgan fingerprint density at radius 1 is 0.356 bits per heavy atom. The highest BCUT2D eigenvalue weighted by Crippen LogP contribution is 2.45. The van der Waals surface area contributed by atoms with E-state index in [4.69, 9.17) is 33.2 Å². The first kappa shape index (κ1) is 82.1. The summed E-state index contributed by atoms with van der Waals surface area (Å²) < 4.78 is 54.9. The highest BCUT2D eigenvalue weighted by Gasteiger charge is 2.40. The second-order valence-electron chi connectivity index (χ2n) is 24.9. The van der Waals surface area contributed by atoms with Gasteiger partial charge in [0.2, 0.25) is 0 Å². The van der Waals surface area contributed by atoms with Gasteiger partial charge in [0, 0.05) is 25.7 Å². The van der Waals surface area contributed by atoms with Crippen molar-refractivity contribution in [2.24, 2.45) is 0 Å². The lowest BCUT2D eigenvalue weighted by Gasteiger charge is -2.30. The van der Waals surface area contributed by atoms with Crippen LogP contribution in [0, 0.1) is 0 Å². The lowest BCUT2D eigenvalue weighted by atomic mass is 10.1. The van der Waals surface area contributed by atoms with E-state index in [1.54, 1.807) is 0 Å². The van der Waals surface area contributed by atoms with Gasteiger partial charge in [-0.3, -0.25) is 23.7 Å². The summed E-state index contributed by atoms with van der Waals surface area (Å²) >= 11 is 0. The third kappa shape index (κ3) is 53.5. The minimum absolute atomic E-state index is 0.0587. The first-order valence-corrected chi connectivity index (χ1v) is 37.7. The average molecular weight is 1250 g/mol. The van der Waals surface area contributed by atoms with E-state index in [0.717, 1.165) is 82.6 Å². The van der Waals surface area contributed by atoms with E-state index in [1.807, 2.05) is 30.3 Å². The molecule has 4 atom stereocenters. The van der Waals surface area contributed by atoms with E-state index >= 15 is 0 Å². The fourth-order valence-corrected chi connectivity index (χ4v) is 11.8. The molecule has 0 amide bonds. The Balaban J connectivity index is 3.13. The average Bonchev–Trinajstić information content (AvgIpc) is 3.71. The zero-order valence-corrected chi connectivity index (χ0v) is 57.0. The van der Waals surface area contributed by atoms with Crippen LogP contribution in [-0.2, 0) is 63.5 Å².